The molecule has 0 aliphatic carbocycles. The van der Waals surface area contributed by atoms with Gasteiger partial charge in [0.15, 0.2) is 5.82 Å². The van der Waals surface area contributed by atoms with E-state index in [0.29, 0.717) is 12.4 Å². The molecule has 0 atom stereocenters. The van der Waals surface area contributed by atoms with Gasteiger partial charge >= 0.3 is 6.09 Å². The maximum atomic E-state index is 11.1. The van der Waals surface area contributed by atoms with Gasteiger partial charge in [-0.25, -0.2) is 15.2 Å². The maximum Gasteiger partial charge on any atom is 0.425 e. The molecule has 5 heteroatoms. The average molecular weight is 231 g/mol. The lowest BCUT2D eigenvalue weighted by atomic mass is 10.2. The van der Waals surface area contributed by atoms with Crippen molar-refractivity contribution in [3.05, 3.63) is 36.5 Å². The lowest BCUT2D eigenvalue weighted by molar-refractivity contribution is 0.154. The fourth-order valence-electron chi connectivity index (χ4n) is 1.50. The quantitative estimate of drug-likeness (QED) is 0.796. The molecular formula is C12H13N3O2. The van der Waals surface area contributed by atoms with Crippen molar-refractivity contribution < 1.29 is 9.53 Å². The highest BCUT2D eigenvalue weighted by molar-refractivity contribution is 5.91. The number of anilines is 1. The monoisotopic (exact) mass is 231 g/mol. The highest BCUT2D eigenvalue weighted by atomic mass is 16.5. The molecule has 0 bridgehead atoms. The molecule has 0 spiro atoms. The van der Waals surface area contributed by atoms with Crippen LogP contribution in [-0.2, 0) is 4.74 Å². The lowest BCUT2D eigenvalue weighted by Gasteiger charge is -2.09. The molecule has 0 saturated carbocycles. The molecule has 0 saturated heterocycles. The van der Waals surface area contributed by atoms with Gasteiger partial charge in [-0.15, -0.1) is 0 Å². The Labute approximate surface area is 98.8 Å². The Kier molecular flexibility index (Phi) is 3.40. The number of rotatable bonds is 3. The summed E-state index contributed by atoms with van der Waals surface area (Å²) in [7, 11) is 0. The van der Waals surface area contributed by atoms with Crippen LogP contribution in [0.25, 0.3) is 10.8 Å². The minimum absolute atomic E-state index is 0.330. The van der Waals surface area contributed by atoms with Crippen LogP contribution in [0, 0.1) is 0 Å². The molecule has 1 heterocycles. The third kappa shape index (κ3) is 2.63. The number of fused-ring (bicyclic) bond motifs is 1. The fourth-order valence-corrected chi connectivity index (χ4v) is 1.50. The summed E-state index contributed by atoms with van der Waals surface area (Å²) < 4.78 is 4.74. The van der Waals surface area contributed by atoms with E-state index in [0.717, 1.165) is 10.8 Å². The molecule has 2 N–H and O–H groups in total. The van der Waals surface area contributed by atoms with Gasteiger partial charge in [0.2, 0.25) is 0 Å². The second kappa shape index (κ2) is 5.16. The molecule has 88 valence electrons. The van der Waals surface area contributed by atoms with E-state index in [4.69, 9.17) is 4.74 Å². The first-order chi connectivity index (χ1) is 8.31. The number of pyridine rings is 1. The van der Waals surface area contributed by atoms with E-state index in [1.807, 2.05) is 30.3 Å². The van der Waals surface area contributed by atoms with Gasteiger partial charge in [0, 0.05) is 11.6 Å². The van der Waals surface area contributed by atoms with E-state index in [9.17, 15) is 4.79 Å². The van der Waals surface area contributed by atoms with Crippen LogP contribution in [0.5, 0.6) is 0 Å². The fraction of sp³-hybridized carbons (Fsp3) is 0.167. The topological polar surface area (TPSA) is 63.2 Å². The van der Waals surface area contributed by atoms with Crippen LogP contribution >= 0.6 is 0 Å². The van der Waals surface area contributed by atoms with Gasteiger partial charge in [-0.1, -0.05) is 24.3 Å². The van der Waals surface area contributed by atoms with E-state index in [1.54, 1.807) is 13.1 Å². The average Bonchev–Trinajstić information content (AvgIpc) is 2.36. The summed E-state index contributed by atoms with van der Waals surface area (Å²) >= 11 is 0. The van der Waals surface area contributed by atoms with Crippen molar-refractivity contribution in [2.45, 2.75) is 6.92 Å². The maximum absolute atomic E-state index is 11.1. The third-order valence-electron chi connectivity index (χ3n) is 2.23. The first-order valence-corrected chi connectivity index (χ1v) is 5.34. The molecule has 1 aromatic heterocycles. The number of amides is 1. The van der Waals surface area contributed by atoms with Crippen LogP contribution < -0.4 is 10.9 Å². The number of ether oxygens (including phenoxy) is 1. The molecule has 0 aliphatic heterocycles. The van der Waals surface area contributed by atoms with Gasteiger partial charge < -0.3 is 4.74 Å². The molecule has 17 heavy (non-hydrogen) atoms. The molecule has 2 aromatic rings. The van der Waals surface area contributed by atoms with Crippen molar-refractivity contribution >= 4 is 22.7 Å². The van der Waals surface area contributed by atoms with Crippen LogP contribution in [0.3, 0.4) is 0 Å². The van der Waals surface area contributed by atoms with Crippen molar-refractivity contribution in [3.63, 3.8) is 0 Å². The van der Waals surface area contributed by atoms with Crippen molar-refractivity contribution in [1.82, 2.24) is 10.4 Å². The van der Waals surface area contributed by atoms with E-state index < -0.39 is 6.09 Å². The number of hydrazine groups is 1. The van der Waals surface area contributed by atoms with Crippen LogP contribution in [0.4, 0.5) is 10.6 Å². The molecule has 5 nitrogen and oxygen atoms in total. The zero-order valence-electron chi connectivity index (χ0n) is 9.43. The summed E-state index contributed by atoms with van der Waals surface area (Å²) in [6.45, 7) is 2.08. The summed E-state index contributed by atoms with van der Waals surface area (Å²) in [6, 6.07) is 9.68. The smallest absolute Gasteiger partial charge is 0.425 e. The number of carbonyl (C=O) groups excluding carboxylic acids is 1. The summed E-state index contributed by atoms with van der Waals surface area (Å²) in [6.07, 6.45) is 1.15. The summed E-state index contributed by atoms with van der Waals surface area (Å²) in [5, 5.41) is 1.99. The first-order valence-electron chi connectivity index (χ1n) is 5.34. The molecule has 1 aromatic carbocycles. The van der Waals surface area contributed by atoms with E-state index in [2.05, 4.69) is 15.8 Å². The molecular weight excluding hydrogens is 218 g/mol. The van der Waals surface area contributed by atoms with Crippen LogP contribution in [0.2, 0.25) is 0 Å². The Balaban J connectivity index is 2.16. The van der Waals surface area contributed by atoms with Gasteiger partial charge in [0.1, 0.15) is 0 Å². The second-order valence-electron chi connectivity index (χ2n) is 3.35. The molecule has 0 unspecified atom stereocenters. The van der Waals surface area contributed by atoms with Crippen LogP contribution in [0.1, 0.15) is 6.92 Å². The van der Waals surface area contributed by atoms with Gasteiger partial charge in [0.05, 0.1) is 6.61 Å². The normalized spacial score (nSPS) is 9.94. The number of carbonyl (C=O) groups is 1. The standard InChI is InChI=1S/C12H13N3O2/c1-2-17-12(16)15-14-11-10-6-4-3-5-9(10)7-8-13-11/h3-8H,2H2,1H3,(H,13,14)(H,15,16). The van der Waals surface area contributed by atoms with E-state index in [1.165, 1.54) is 0 Å². The largest absolute Gasteiger partial charge is 0.449 e. The van der Waals surface area contributed by atoms with Gasteiger partial charge in [-0.05, 0) is 18.4 Å². The Morgan fingerprint density at radius 2 is 2.18 bits per heavy atom. The summed E-state index contributed by atoms with van der Waals surface area (Å²) in [5.41, 5.74) is 5.15. The number of nitrogens with zero attached hydrogens (tertiary/aromatic N) is 1. The minimum atomic E-state index is -0.526. The van der Waals surface area contributed by atoms with Gasteiger partial charge in [0.25, 0.3) is 0 Å². The molecule has 0 radical (unpaired) electrons. The van der Waals surface area contributed by atoms with E-state index in [-0.39, 0.29) is 0 Å². The molecule has 0 aliphatic rings. The highest BCUT2D eigenvalue weighted by Crippen LogP contribution is 2.19. The Bertz CT molecular complexity index is 523. The van der Waals surface area contributed by atoms with Crippen molar-refractivity contribution in [2.24, 2.45) is 0 Å². The first kappa shape index (κ1) is 11.2. The highest BCUT2D eigenvalue weighted by Gasteiger charge is 2.03. The lowest BCUT2D eigenvalue weighted by Crippen LogP contribution is -2.30. The minimum Gasteiger partial charge on any atom is -0.449 e. The number of aromatic nitrogens is 1. The second-order valence-corrected chi connectivity index (χ2v) is 3.35. The Hall–Kier alpha value is -2.30. The number of nitrogens with one attached hydrogen (secondary N) is 2. The van der Waals surface area contributed by atoms with Crippen molar-refractivity contribution in [2.75, 3.05) is 12.0 Å². The SMILES string of the molecule is CCOC(=O)NNc1nccc2ccccc12. The Morgan fingerprint density at radius 3 is 3.00 bits per heavy atom. The molecule has 0 fully saturated rings. The molecule has 1 amide bonds. The molecule has 2 rings (SSSR count). The van der Waals surface area contributed by atoms with Gasteiger partial charge in [-0.3, -0.25) is 5.43 Å². The van der Waals surface area contributed by atoms with Crippen molar-refractivity contribution in [3.8, 4) is 0 Å². The number of hydrogen-bond donors (Lipinski definition) is 2. The Morgan fingerprint density at radius 1 is 1.35 bits per heavy atom. The van der Waals surface area contributed by atoms with Crippen LogP contribution in [0.15, 0.2) is 36.5 Å². The summed E-state index contributed by atoms with van der Waals surface area (Å²) in [4.78, 5) is 15.3. The van der Waals surface area contributed by atoms with Crippen LogP contribution in [-0.4, -0.2) is 17.7 Å². The predicted molar refractivity (Wildman–Crippen MR) is 65.5 cm³/mol. The summed E-state index contributed by atoms with van der Waals surface area (Å²) in [5.74, 6) is 0.594. The number of benzene rings is 1. The van der Waals surface area contributed by atoms with Gasteiger partial charge in [-0.2, -0.15) is 0 Å². The van der Waals surface area contributed by atoms with Crippen molar-refractivity contribution in [1.29, 1.82) is 0 Å². The number of hydrogen-bond acceptors (Lipinski definition) is 4. The predicted octanol–water partition coefficient (Wildman–Crippen LogP) is 2.31. The zero-order valence-corrected chi connectivity index (χ0v) is 9.43. The van der Waals surface area contributed by atoms with E-state index >= 15 is 0 Å². The zero-order chi connectivity index (χ0) is 12.1. The third-order valence-corrected chi connectivity index (χ3v) is 2.23.